The zero-order chi connectivity index (χ0) is 19.9. The Kier molecular flexibility index (Phi) is 5.63. The van der Waals surface area contributed by atoms with Crippen LogP contribution in [-0.2, 0) is 31.9 Å². The molecule has 0 bridgehead atoms. The molecular weight excluding hydrogens is 364 g/mol. The average molecular weight is 393 g/mol. The van der Waals surface area contributed by atoms with Gasteiger partial charge in [-0.1, -0.05) is 18.5 Å². The fraction of sp³-hybridized carbons (Fsp3) is 0.632. The molecule has 0 saturated carbocycles. The van der Waals surface area contributed by atoms with Crippen molar-refractivity contribution in [3.05, 3.63) is 33.4 Å². The molecule has 2 aromatic heterocycles. The molecule has 1 N–H and O–H groups in total. The third-order valence-corrected chi connectivity index (χ3v) is 6.22. The molecule has 0 aromatic carbocycles. The number of carbonyl (C=O) groups excluding carboxylic acids is 1. The van der Waals surface area contributed by atoms with Gasteiger partial charge in [-0.2, -0.15) is 10.2 Å². The van der Waals surface area contributed by atoms with E-state index in [1.807, 2.05) is 37.6 Å². The maximum absolute atomic E-state index is 12.4. The van der Waals surface area contributed by atoms with Crippen molar-refractivity contribution in [3.8, 4) is 0 Å². The molecule has 27 heavy (non-hydrogen) atoms. The van der Waals surface area contributed by atoms with E-state index in [9.17, 15) is 4.79 Å². The monoisotopic (exact) mass is 392 g/mol. The second-order valence-corrected chi connectivity index (χ2v) is 7.80. The summed E-state index contributed by atoms with van der Waals surface area (Å²) in [7, 11) is 5.71. The predicted molar refractivity (Wildman–Crippen MR) is 106 cm³/mol. The summed E-state index contributed by atoms with van der Waals surface area (Å²) in [6.45, 7) is 7.56. The number of nitrogens with zero attached hydrogens (tertiary/aromatic N) is 5. The van der Waals surface area contributed by atoms with E-state index < -0.39 is 0 Å². The zero-order valence-corrected chi connectivity index (χ0v) is 17.8. The molecular formula is C19H29ClN6O. The Balaban J connectivity index is 1.77. The van der Waals surface area contributed by atoms with E-state index in [0.29, 0.717) is 18.1 Å². The van der Waals surface area contributed by atoms with E-state index in [2.05, 4.69) is 29.4 Å². The molecule has 0 unspecified atom stereocenters. The maximum atomic E-state index is 12.4. The van der Waals surface area contributed by atoms with Gasteiger partial charge in [0.05, 0.1) is 17.4 Å². The van der Waals surface area contributed by atoms with Gasteiger partial charge in [0.2, 0.25) is 5.91 Å². The number of carbonyl (C=O) groups is 1. The molecule has 1 amide bonds. The first-order chi connectivity index (χ1) is 12.8. The second-order valence-electron chi connectivity index (χ2n) is 7.45. The number of halogens is 1. The van der Waals surface area contributed by atoms with Crippen LogP contribution in [0.25, 0.3) is 0 Å². The molecule has 2 aromatic rings. The molecule has 2 atom stereocenters. The highest BCUT2D eigenvalue weighted by atomic mass is 35.5. The summed E-state index contributed by atoms with van der Waals surface area (Å²) in [6, 6.07) is 0.0497. The summed E-state index contributed by atoms with van der Waals surface area (Å²) in [4.78, 5) is 14.3. The van der Waals surface area contributed by atoms with E-state index >= 15 is 0 Å². The lowest BCUT2D eigenvalue weighted by Crippen LogP contribution is -2.30. The van der Waals surface area contributed by atoms with Crippen molar-refractivity contribution in [2.45, 2.75) is 46.2 Å². The maximum Gasteiger partial charge on any atom is 0.223 e. The van der Waals surface area contributed by atoms with Crippen LogP contribution in [0.5, 0.6) is 0 Å². The van der Waals surface area contributed by atoms with Gasteiger partial charge in [0.15, 0.2) is 0 Å². The topological polar surface area (TPSA) is 68.0 Å². The third-order valence-electron chi connectivity index (χ3n) is 5.75. The van der Waals surface area contributed by atoms with Crippen LogP contribution >= 0.6 is 11.6 Å². The summed E-state index contributed by atoms with van der Waals surface area (Å²) < 4.78 is 3.62. The Bertz CT molecular complexity index is 855. The number of aromatic nitrogens is 4. The van der Waals surface area contributed by atoms with Crippen molar-refractivity contribution in [3.63, 3.8) is 0 Å². The average Bonchev–Trinajstić information content (AvgIpc) is 3.15. The minimum absolute atomic E-state index is 0.0497. The molecule has 1 aliphatic heterocycles. The highest BCUT2D eigenvalue weighted by Crippen LogP contribution is 2.39. The van der Waals surface area contributed by atoms with Gasteiger partial charge in [0, 0.05) is 63.4 Å². The van der Waals surface area contributed by atoms with Crippen LogP contribution in [0.2, 0.25) is 5.15 Å². The van der Waals surface area contributed by atoms with Crippen molar-refractivity contribution in [1.29, 1.82) is 0 Å². The number of aryl methyl sites for hydroxylation is 4. The molecule has 0 radical (unpaired) electrons. The third kappa shape index (κ3) is 3.50. The van der Waals surface area contributed by atoms with Gasteiger partial charge >= 0.3 is 0 Å². The Hall–Kier alpha value is -1.86. The van der Waals surface area contributed by atoms with Gasteiger partial charge in [-0.3, -0.25) is 14.2 Å². The number of likely N-dealkylation sites (tertiary alicyclic amines) is 1. The molecule has 3 rings (SSSR count). The van der Waals surface area contributed by atoms with E-state index in [-0.39, 0.29) is 17.9 Å². The van der Waals surface area contributed by atoms with E-state index in [0.717, 1.165) is 35.6 Å². The van der Waals surface area contributed by atoms with Crippen LogP contribution in [0, 0.1) is 19.8 Å². The van der Waals surface area contributed by atoms with Crippen molar-refractivity contribution < 1.29 is 4.79 Å². The molecule has 7 nitrogen and oxygen atoms in total. The van der Waals surface area contributed by atoms with Crippen molar-refractivity contribution in [2.24, 2.45) is 20.0 Å². The zero-order valence-electron chi connectivity index (χ0n) is 17.0. The van der Waals surface area contributed by atoms with Gasteiger partial charge < -0.3 is 10.2 Å². The lowest BCUT2D eigenvalue weighted by Gasteiger charge is -2.26. The van der Waals surface area contributed by atoms with Gasteiger partial charge in [-0.15, -0.1) is 0 Å². The molecule has 3 heterocycles. The van der Waals surface area contributed by atoms with Gasteiger partial charge in [-0.05, 0) is 20.3 Å². The van der Waals surface area contributed by atoms with Crippen LogP contribution in [0.4, 0.5) is 0 Å². The molecule has 0 aliphatic carbocycles. The number of hydrogen-bond acceptors (Lipinski definition) is 4. The van der Waals surface area contributed by atoms with Crippen molar-refractivity contribution in [2.75, 3.05) is 13.6 Å². The summed E-state index contributed by atoms with van der Waals surface area (Å²) >= 11 is 6.39. The minimum atomic E-state index is 0.0497. The Labute approximate surface area is 165 Å². The number of nitrogens with one attached hydrogen (secondary N) is 1. The fourth-order valence-electron chi connectivity index (χ4n) is 4.22. The molecule has 1 saturated heterocycles. The molecule has 1 fully saturated rings. The molecule has 0 spiro atoms. The number of amides is 1. The molecule has 1 aliphatic rings. The largest absolute Gasteiger partial charge is 0.338 e. The van der Waals surface area contributed by atoms with Crippen LogP contribution in [-0.4, -0.2) is 44.0 Å². The Morgan fingerprint density at radius 3 is 2.48 bits per heavy atom. The quantitative estimate of drug-likeness (QED) is 0.819. The first-order valence-electron chi connectivity index (χ1n) is 9.42. The Morgan fingerprint density at radius 2 is 1.89 bits per heavy atom. The van der Waals surface area contributed by atoms with Crippen LogP contribution in [0.15, 0.2) is 0 Å². The first kappa shape index (κ1) is 19.9. The predicted octanol–water partition coefficient (Wildman–Crippen LogP) is 2.30. The van der Waals surface area contributed by atoms with Crippen LogP contribution in [0.1, 0.15) is 47.6 Å². The van der Waals surface area contributed by atoms with Crippen molar-refractivity contribution >= 4 is 17.5 Å². The highest BCUT2D eigenvalue weighted by Gasteiger charge is 2.40. The van der Waals surface area contributed by atoms with Crippen molar-refractivity contribution in [1.82, 2.24) is 29.8 Å². The summed E-state index contributed by atoms with van der Waals surface area (Å²) in [5.41, 5.74) is 5.35. The van der Waals surface area contributed by atoms with E-state index in [1.54, 1.807) is 4.68 Å². The summed E-state index contributed by atoms with van der Waals surface area (Å²) in [5.74, 6) is 0.382. The van der Waals surface area contributed by atoms with E-state index in [1.165, 1.54) is 5.56 Å². The summed E-state index contributed by atoms with van der Waals surface area (Å²) in [6.07, 6.45) is 1.39. The first-order valence-corrected chi connectivity index (χ1v) is 9.80. The van der Waals surface area contributed by atoms with Gasteiger partial charge in [0.1, 0.15) is 5.15 Å². The number of hydrogen-bond donors (Lipinski definition) is 1. The fourth-order valence-corrected chi connectivity index (χ4v) is 4.44. The standard InChI is InChI=1S/C19H29ClN6O/c1-7-15-14(19(20)26(6)23-15)10-21-9-13-8-16(27)24(4)18(13)17-11(2)22-25(5)12(17)3/h13,18,21H,7-10H2,1-6H3/t13-,18+/m0/s1. The smallest absolute Gasteiger partial charge is 0.223 e. The van der Waals surface area contributed by atoms with Crippen LogP contribution in [0.3, 0.4) is 0 Å². The highest BCUT2D eigenvalue weighted by molar-refractivity contribution is 6.30. The van der Waals surface area contributed by atoms with Crippen LogP contribution < -0.4 is 5.32 Å². The Morgan fingerprint density at radius 1 is 1.19 bits per heavy atom. The SMILES string of the molecule is CCc1nn(C)c(Cl)c1CNC[C@@H]1CC(=O)N(C)[C@H]1c1c(C)nn(C)c1C. The molecule has 148 valence electrons. The molecule has 8 heteroatoms. The van der Waals surface area contributed by atoms with E-state index in [4.69, 9.17) is 11.6 Å². The lowest BCUT2D eigenvalue weighted by atomic mass is 9.92. The number of rotatable bonds is 6. The van der Waals surface area contributed by atoms with Gasteiger partial charge in [0.25, 0.3) is 0 Å². The minimum Gasteiger partial charge on any atom is -0.338 e. The van der Waals surface area contributed by atoms with Gasteiger partial charge in [-0.25, -0.2) is 0 Å². The second kappa shape index (κ2) is 7.64. The summed E-state index contributed by atoms with van der Waals surface area (Å²) in [5, 5.41) is 13.2. The normalized spacial score (nSPS) is 20.1. The lowest BCUT2D eigenvalue weighted by molar-refractivity contribution is -0.127.